The van der Waals surface area contributed by atoms with Crippen molar-refractivity contribution in [1.82, 2.24) is 0 Å². The van der Waals surface area contributed by atoms with Crippen LogP contribution < -0.4 is 0 Å². The Bertz CT molecular complexity index is 1090. The van der Waals surface area contributed by atoms with Crippen LogP contribution in [0.15, 0.2) is 48.6 Å². The van der Waals surface area contributed by atoms with E-state index in [1.54, 1.807) is 0 Å². The first-order valence-electron chi connectivity index (χ1n) is 26.6. The normalized spacial score (nSPS) is 12.4. The lowest BCUT2D eigenvalue weighted by molar-refractivity contribution is -0.167. The van der Waals surface area contributed by atoms with Crippen LogP contribution in [0.5, 0.6) is 0 Å². The first-order chi connectivity index (χ1) is 30.5. The number of esters is 3. The Morgan fingerprint density at radius 2 is 0.581 bits per heavy atom. The van der Waals surface area contributed by atoms with Crippen molar-refractivity contribution in [2.45, 2.75) is 277 Å². The molecule has 0 N–H and O–H groups in total. The highest BCUT2D eigenvalue weighted by Crippen LogP contribution is 2.15. The highest BCUT2D eigenvalue weighted by molar-refractivity contribution is 5.71. The third-order valence-electron chi connectivity index (χ3n) is 11.6. The van der Waals surface area contributed by atoms with Crippen LogP contribution in [0.3, 0.4) is 0 Å². The van der Waals surface area contributed by atoms with E-state index in [0.29, 0.717) is 19.3 Å². The number of carbonyl (C=O) groups excluding carboxylic acids is 3. The molecule has 0 saturated heterocycles. The Kier molecular flexibility index (Phi) is 48.8. The van der Waals surface area contributed by atoms with Crippen molar-refractivity contribution in [3.8, 4) is 0 Å². The number of carbonyl (C=O) groups is 3. The van der Waals surface area contributed by atoms with Crippen molar-refractivity contribution in [3.05, 3.63) is 48.6 Å². The van der Waals surface area contributed by atoms with Gasteiger partial charge in [-0.15, -0.1) is 0 Å². The molecule has 0 aromatic rings. The largest absolute Gasteiger partial charge is 0.462 e. The van der Waals surface area contributed by atoms with Gasteiger partial charge in [0.1, 0.15) is 13.2 Å². The number of allylic oxidation sites excluding steroid dienone is 8. The maximum Gasteiger partial charge on any atom is 0.306 e. The van der Waals surface area contributed by atoms with Gasteiger partial charge in [-0.3, -0.25) is 14.4 Å². The molecule has 360 valence electrons. The molecular weight excluding hydrogens is 769 g/mol. The quantitative estimate of drug-likeness (QED) is 0.0262. The monoisotopic (exact) mass is 869 g/mol. The minimum atomic E-state index is -0.783. The summed E-state index contributed by atoms with van der Waals surface area (Å²) in [5, 5.41) is 0. The van der Waals surface area contributed by atoms with Crippen LogP contribution >= 0.6 is 0 Å². The Balaban J connectivity index is 4.41. The molecule has 0 spiro atoms. The van der Waals surface area contributed by atoms with E-state index >= 15 is 0 Å². The zero-order valence-corrected chi connectivity index (χ0v) is 41.1. The van der Waals surface area contributed by atoms with Crippen LogP contribution in [-0.2, 0) is 28.6 Å². The van der Waals surface area contributed by atoms with Crippen LogP contribution in [-0.4, -0.2) is 37.2 Å². The summed E-state index contributed by atoms with van der Waals surface area (Å²) in [5.41, 5.74) is 0. The second kappa shape index (κ2) is 51.0. The number of ether oxygens (including phenoxy) is 3. The standard InChI is InChI=1S/C56H100O6/c1-4-7-10-13-16-19-22-25-28-31-34-37-40-43-46-49-55(58)61-52-53(51-60-54(57)48-45-42-39-36-33-30-27-24-21-18-15-12-9-6-3)62-56(59)50-47-44-41-38-35-32-29-26-23-20-17-14-11-8-5-2/h16-17,19-20,25-26,28-29,53H,4-15,18,21-24,27,30-52H2,1-3H3/b19-16-,20-17-,28-25-,29-26-/t53-/m1/s1. The van der Waals surface area contributed by atoms with Crippen molar-refractivity contribution >= 4 is 17.9 Å². The Morgan fingerprint density at radius 3 is 0.919 bits per heavy atom. The predicted octanol–water partition coefficient (Wildman–Crippen LogP) is 17.5. The minimum absolute atomic E-state index is 0.0810. The number of rotatable bonds is 48. The molecule has 0 amide bonds. The Morgan fingerprint density at radius 1 is 0.323 bits per heavy atom. The SMILES string of the molecule is CCCCC/C=C\C/C=C\CCCCCCCC(=O)OC[C@@H](COC(=O)CCCCCCCCCCCCCCCC)OC(=O)CCCCCCC/C=C\C/C=C\CCCCC. The van der Waals surface area contributed by atoms with Crippen LogP contribution in [0.25, 0.3) is 0 Å². The van der Waals surface area contributed by atoms with Gasteiger partial charge in [-0.25, -0.2) is 0 Å². The summed E-state index contributed by atoms with van der Waals surface area (Å²) in [6, 6.07) is 0. The lowest BCUT2D eigenvalue weighted by Gasteiger charge is -2.18. The van der Waals surface area contributed by atoms with E-state index in [4.69, 9.17) is 14.2 Å². The second-order valence-electron chi connectivity index (χ2n) is 17.8. The van der Waals surface area contributed by atoms with E-state index in [-0.39, 0.29) is 31.1 Å². The molecule has 1 atom stereocenters. The summed E-state index contributed by atoms with van der Waals surface area (Å²) in [6.45, 7) is 6.58. The molecule has 0 heterocycles. The average Bonchev–Trinajstić information content (AvgIpc) is 3.27. The molecule has 0 aliphatic heterocycles. The first-order valence-corrected chi connectivity index (χ1v) is 26.6. The van der Waals surface area contributed by atoms with E-state index in [2.05, 4.69) is 69.4 Å². The minimum Gasteiger partial charge on any atom is -0.462 e. The van der Waals surface area contributed by atoms with Crippen LogP contribution in [0.4, 0.5) is 0 Å². The molecule has 0 radical (unpaired) electrons. The smallest absolute Gasteiger partial charge is 0.306 e. The fourth-order valence-electron chi connectivity index (χ4n) is 7.50. The molecule has 6 heteroatoms. The molecule has 0 rings (SSSR count). The molecule has 0 bridgehead atoms. The molecule has 62 heavy (non-hydrogen) atoms. The average molecular weight is 869 g/mol. The van der Waals surface area contributed by atoms with Crippen molar-refractivity contribution < 1.29 is 28.6 Å². The van der Waals surface area contributed by atoms with Gasteiger partial charge in [0.05, 0.1) is 0 Å². The number of hydrogen-bond donors (Lipinski definition) is 0. The number of hydrogen-bond acceptors (Lipinski definition) is 6. The van der Waals surface area contributed by atoms with Gasteiger partial charge in [-0.1, -0.05) is 217 Å². The van der Waals surface area contributed by atoms with Gasteiger partial charge in [-0.05, 0) is 83.5 Å². The van der Waals surface area contributed by atoms with E-state index < -0.39 is 6.10 Å². The van der Waals surface area contributed by atoms with Crippen molar-refractivity contribution in [1.29, 1.82) is 0 Å². The van der Waals surface area contributed by atoms with Gasteiger partial charge in [0, 0.05) is 19.3 Å². The molecule has 0 saturated carbocycles. The van der Waals surface area contributed by atoms with Gasteiger partial charge in [-0.2, -0.15) is 0 Å². The van der Waals surface area contributed by atoms with Crippen molar-refractivity contribution in [2.75, 3.05) is 13.2 Å². The molecular formula is C56H100O6. The Labute approximate surface area is 384 Å². The third kappa shape index (κ3) is 48.4. The van der Waals surface area contributed by atoms with E-state index in [0.717, 1.165) is 103 Å². The fraction of sp³-hybridized carbons (Fsp3) is 0.804. The van der Waals surface area contributed by atoms with Gasteiger partial charge >= 0.3 is 17.9 Å². The van der Waals surface area contributed by atoms with E-state index in [9.17, 15) is 14.4 Å². The highest BCUT2D eigenvalue weighted by Gasteiger charge is 2.19. The molecule has 0 unspecified atom stereocenters. The van der Waals surface area contributed by atoms with Crippen LogP contribution in [0.1, 0.15) is 271 Å². The van der Waals surface area contributed by atoms with E-state index in [1.807, 2.05) is 0 Å². The zero-order valence-electron chi connectivity index (χ0n) is 41.1. The lowest BCUT2D eigenvalue weighted by atomic mass is 10.0. The van der Waals surface area contributed by atoms with Gasteiger partial charge in [0.15, 0.2) is 6.10 Å². The summed E-state index contributed by atoms with van der Waals surface area (Å²) in [5.74, 6) is -0.900. The zero-order chi connectivity index (χ0) is 45.1. The third-order valence-corrected chi connectivity index (χ3v) is 11.6. The predicted molar refractivity (Wildman–Crippen MR) is 265 cm³/mol. The summed E-state index contributed by atoms with van der Waals surface area (Å²) >= 11 is 0. The lowest BCUT2D eigenvalue weighted by Crippen LogP contribution is -2.30. The topological polar surface area (TPSA) is 78.9 Å². The second-order valence-corrected chi connectivity index (χ2v) is 17.8. The Hall–Kier alpha value is -2.63. The molecule has 6 nitrogen and oxygen atoms in total. The van der Waals surface area contributed by atoms with Gasteiger partial charge in [0.25, 0.3) is 0 Å². The summed E-state index contributed by atoms with van der Waals surface area (Å²) in [4.78, 5) is 38.0. The molecule has 0 fully saturated rings. The van der Waals surface area contributed by atoms with Crippen LogP contribution in [0, 0.1) is 0 Å². The highest BCUT2D eigenvalue weighted by atomic mass is 16.6. The van der Waals surface area contributed by atoms with Gasteiger partial charge in [0.2, 0.25) is 0 Å². The van der Waals surface area contributed by atoms with Crippen LogP contribution in [0.2, 0.25) is 0 Å². The molecule has 0 aliphatic carbocycles. The summed E-state index contributed by atoms with van der Waals surface area (Å²) in [7, 11) is 0. The van der Waals surface area contributed by atoms with Gasteiger partial charge < -0.3 is 14.2 Å². The molecule has 0 aliphatic rings. The molecule has 0 aromatic heterocycles. The maximum atomic E-state index is 12.8. The maximum absolute atomic E-state index is 12.8. The number of unbranched alkanes of at least 4 members (excludes halogenated alkanes) is 29. The van der Waals surface area contributed by atoms with Crippen molar-refractivity contribution in [3.63, 3.8) is 0 Å². The summed E-state index contributed by atoms with van der Waals surface area (Å²) in [6.07, 6.45) is 60.8. The molecule has 0 aromatic carbocycles. The van der Waals surface area contributed by atoms with Crippen molar-refractivity contribution in [2.24, 2.45) is 0 Å². The van der Waals surface area contributed by atoms with E-state index in [1.165, 1.54) is 128 Å². The fourth-order valence-corrected chi connectivity index (χ4v) is 7.50. The first kappa shape index (κ1) is 59.4. The summed E-state index contributed by atoms with van der Waals surface area (Å²) < 4.78 is 16.8.